The Morgan fingerprint density at radius 3 is 2.34 bits per heavy atom. The second-order valence-corrected chi connectivity index (χ2v) is 11.5. The molecule has 8 heteroatoms. The quantitative estimate of drug-likeness (QED) is 0.506. The van der Waals surface area contributed by atoms with Crippen LogP contribution in [0.2, 0.25) is 0 Å². The lowest BCUT2D eigenvalue weighted by molar-refractivity contribution is 0.0943. The molecule has 0 aromatic heterocycles. The van der Waals surface area contributed by atoms with E-state index in [0.717, 1.165) is 18.4 Å². The van der Waals surface area contributed by atoms with Crippen LogP contribution in [0, 0.1) is 11.2 Å². The molecule has 1 aliphatic heterocycles. The van der Waals surface area contributed by atoms with E-state index in [1.165, 1.54) is 0 Å². The summed E-state index contributed by atoms with van der Waals surface area (Å²) in [6, 6.07) is 7.16. The number of rotatable bonds is 8. The number of ketones is 1. The molecule has 35 heavy (non-hydrogen) atoms. The van der Waals surface area contributed by atoms with Crippen molar-refractivity contribution in [2.75, 3.05) is 26.0 Å². The predicted molar refractivity (Wildman–Crippen MR) is 135 cm³/mol. The Bertz CT molecular complexity index is 1230. The van der Waals surface area contributed by atoms with Crippen molar-refractivity contribution in [3.63, 3.8) is 0 Å². The lowest BCUT2D eigenvalue weighted by Gasteiger charge is -2.27. The molecule has 2 aromatic carbocycles. The van der Waals surface area contributed by atoms with Gasteiger partial charge in [-0.2, -0.15) is 0 Å². The van der Waals surface area contributed by atoms with Crippen molar-refractivity contribution in [2.24, 2.45) is 0 Å². The van der Waals surface area contributed by atoms with Crippen LogP contribution in [0.5, 0.6) is 11.5 Å². The van der Waals surface area contributed by atoms with E-state index in [1.54, 1.807) is 30.2 Å². The average molecular weight is 501 g/mol. The van der Waals surface area contributed by atoms with E-state index in [2.05, 4.69) is 0 Å². The van der Waals surface area contributed by atoms with Crippen molar-refractivity contribution >= 4 is 22.4 Å². The Kier molecular flexibility index (Phi) is 6.55. The summed E-state index contributed by atoms with van der Waals surface area (Å²) >= 11 is 0. The molecular weight excluding hydrogens is 467 g/mol. The summed E-state index contributed by atoms with van der Waals surface area (Å²) in [5.41, 5.74) is 1.42. The van der Waals surface area contributed by atoms with Gasteiger partial charge < -0.3 is 14.4 Å². The molecule has 1 aliphatic carbocycles. The first kappa shape index (κ1) is 25.4. The van der Waals surface area contributed by atoms with Crippen LogP contribution in [0.25, 0.3) is 0 Å². The number of benzene rings is 2. The van der Waals surface area contributed by atoms with E-state index in [9.17, 15) is 9.00 Å². The number of fused-ring (bicyclic) bond motifs is 2. The molecule has 6 nitrogen and oxygen atoms in total. The highest BCUT2D eigenvalue weighted by atomic mass is 32.2. The van der Waals surface area contributed by atoms with Gasteiger partial charge in [-0.15, -0.1) is 0 Å². The summed E-state index contributed by atoms with van der Waals surface area (Å²) in [6.07, 6.45) is 3.04. The van der Waals surface area contributed by atoms with Gasteiger partial charge in [-0.3, -0.25) is 14.4 Å². The predicted octanol–water partition coefficient (Wildman–Crippen LogP) is 5.17. The number of amidine groups is 1. The van der Waals surface area contributed by atoms with E-state index < -0.39 is 22.2 Å². The van der Waals surface area contributed by atoms with Gasteiger partial charge in [0.1, 0.15) is 5.84 Å². The molecule has 0 amide bonds. The minimum absolute atomic E-state index is 0.00905. The maximum absolute atomic E-state index is 15.6. The fourth-order valence-electron chi connectivity index (χ4n) is 4.73. The van der Waals surface area contributed by atoms with E-state index in [1.807, 2.05) is 39.8 Å². The summed E-state index contributed by atoms with van der Waals surface area (Å²) in [4.78, 5) is 15.8. The molecule has 2 aliphatic rings. The monoisotopic (exact) mass is 500 g/mol. The second kappa shape index (κ2) is 9.04. The van der Waals surface area contributed by atoms with Gasteiger partial charge in [0.2, 0.25) is 0 Å². The molecule has 4 rings (SSSR count). The Morgan fingerprint density at radius 1 is 1.14 bits per heavy atom. The van der Waals surface area contributed by atoms with E-state index in [4.69, 9.17) is 14.9 Å². The summed E-state index contributed by atoms with van der Waals surface area (Å²) in [5, 5.41) is 8.82. The number of nitrogens with one attached hydrogen (secondary N) is 1. The number of nitrogens with zero attached hydrogens (tertiary/aromatic N) is 1. The number of carbonyl (C=O) groups is 1. The highest BCUT2D eigenvalue weighted by molar-refractivity contribution is 7.84. The number of hydrogen-bond donors (Lipinski definition) is 1. The number of carbonyl (C=O) groups excluding carboxylic acids is 1. The van der Waals surface area contributed by atoms with Crippen LogP contribution in [0.1, 0.15) is 74.5 Å². The van der Waals surface area contributed by atoms with Gasteiger partial charge in [-0.05, 0) is 67.5 Å². The normalized spacial score (nSPS) is 16.9. The molecule has 2 aromatic rings. The Labute approximate surface area is 208 Å². The second-order valence-electron chi connectivity index (χ2n) is 10.1. The third-order valence-corrected chi connectivity index (χ3v) is 7.65. The van der Waals surface area contributed by atoms with Crippen LogP contribution in [0.15, 0.2) is 29.2 Å². The van der Waals surface area contributed by atoms with E-state index in [-0.39, 0.29) is 41.5 Å². The zero-order valence-corrected chi connectivity index (χ0v) is 22.0. The Balaban J connectivity index is 1.73. The summed E-state index contributed by atoms with van der Waals surface area (Å²) < 4.78 is 39.1. The first-order valence-corrected chi connectivity index (χ1v) is 13.5. The van der Waals surface area contributed by atoms with Gasteiger partial charge in [0.25, 0.3) is 0 Å². The van der Waals surface area contributed by atoms with Crippen LogP contribution >= 0.6 is 0 Å². The van der Waals surface area contributed by atoms with Crippen molar-refractivity contribution in [3.8, 4) is 11.5 Å². The molecule has 0 saturated heterocycles. The zero-order valence-electron chi connectivity index (χ0n) is 21.2. The third kappa shape index (κ3) is 4.37. The molecule has 1 spiro atoms. The smallest absolute Gasteiger partial charge is 0.197 e. The average Bonchev–Trinajstić information content (AvgIpc) is 3.56. The number of halogens is 1. The van der Waals surface area contributed by atoms with Gasteiger partial charge in [0, 0.05) is 27.5 Å². The molecule has 0 radical (unpaired) electrons. The minimum Gasteiger partial charge on any atom is -0.490 e. The summed E-state index contributed by atoms with van der Waals surface area (Å²) in [6.45, 7) is 10.3. The Morgan fingerprint density at radius 2 is 1.80 bits per heavy atom. The molecule has 1 saturated carbocycles. The van der Waals surface area contributed by atoms with Gasteiger partial charge in [-0.25, -0.2) is 4.39 Å². The first-order chi connectivity index (χ1) is 16.4. The molecule has 1 atom stereocenters. The molecular formula is C27H33FN2O4S. The van der Waals surface area contributed by atoms with Crippen molar-refractivity contribution in [1.29, 1.82) is 5.41 Å². The SMILES string of the molecule is CCOc1cc2c(c(F)c1OCC)C(=N)N(CC(=O)c1cc(S(C)=O)cc(C(C)(C)C)c1)C21CC1. The molecule has 1 N–H and O–H groups in total. The number of ether oxygens (including phenoxy) is 2. The number of hydrogen-bond acceptors (Lipinski definition) is 5. The van der Waals surface area contributed by atoms with Gasteiger partial charge in [0.15, 0.2) is 23.1 Å². The first-order valence-electron chi connectivity index (χ1n) is 12.0. The largest absolute Gasteiger partial charge is 0.490 e. The van der Waals surface area contributed by atoms with Crippen molar-refractivity contribution in [1.82, 2.24) is 4.90 Å². The fraction of sp³-hybridized carbons (Fsp3) is 0.481. The van der Waals surface area contributed by atoms with Crippen LogP contribution in [-0.2, 0) is 21.8 Å². The molecule has 0 bridgehead atoms. The van der Waals surface area contributed by atoms with Crippen LogP contribution in [0.4, 0.5) is 4.39 Å². The number of Topliss-reactive ketones (excluding diaryl/α,β-unsaturated/α-hetero) is 1. The van der Waals surface area contributed by atoms with Gasteiger partial charge in [0.05, 0.1) is 30.9 Å². The van der Waals surface area contributed by atoms with Crippen molar-refractivity contribution in [2.45, 2.75) is 63.3 Å². The highest BCUT2D eigenvalue weighted by Crippen LogP contribution is 2.58. The van der Waals surface area contributed by atoms with E-state index in [0.29, 0.717) is 28.4 Å². The van der Waals surface area contributed by atoms with Gasteiger partial charge >= 0.3 is 0 Å². The lowest BCUT2D eigenvalue weighted by atomic mass is 9.86. The maximum atomic E-state index is 15.6. The van der Waals surface area contributed by atoms with Gasteiger partial charge in [-0.1, -0.05) is 20.8 Å². The standard InChI is InChI=1S/C27H33FN2O4S/c1-7-33-21-14-19-22(23(28)24(21)34-8-2)25(29)30(27(19)9-10-27)15-20(31)16-11-17(26(3,4)5)13-18(12-16)35(6)32/h11-14,29H,7-10,15H2,1-6H3. The zero-order chi connectivity index (χ0) is 25.7. The van der Waals surface area contributed by atoms with Crippen molar-refractivity contribution in [3.05, 3.63) is 52.3 Å². The van der Waals surface area contributed by atoms with Crippen LogP contribution < -0.4 is 9.47 Å². The summed E-state index contributed by atoms with van der Waals surface area (Å²) in [5.74, 6) is -0.487. The molecule has 188 valence electrons. The topological polar surface area (TPSA) is 79.7 Å². The third-order valence-electron chi connectivity index (χ3n) is 6.75. The van der Waals surface area contributed by atoms with Crippen LogP contribution in [-0.4, -0.2) is 46.7 Å². The maximum Gasteiger partial charge on any atom is 0.197 e. The van der Waals surface area contributed by atoms with E-state index >= 15 is 4.39 Å². The molecule has 1 heterocycles. The fourth-order valence-corrected chi connectivity index (χ4v) is 5.31. The minimum atomic E-state index is -1.25. The summed E-state index contributed by atoms with van der Waals surface area (Å²) in [7, 11) is -1.25. The Hall–Kier alpha value is -2.74. The highest BCUT2D eigenvalue weighted by Gasteiger charge is 2.58. The molecule has 1 fully saturated rings. The van der Waals surface area contributed by atoms with Crippen LogP contribution in [0.3, 0.4) is 0 Å². The molecule has 1 unspecified atom stereocenters. The van der Waals surface area contributed by atoms with Crippen molar-refractivity contribution < 1.29 is 22.9 Å². The lowest BCUT2D eigenvalue weighted by Crippen LogP contribution is -2.38.